The minimum atomic E-state index is -0.412. The van der Waals surface area contributed by atoms with Gasteiger partial charge in [0.25, 0.3) is 0 Å². The van der Waals surface area contributed by atoms with Gasteiger partial charge in [-0.15, -0.1) is 12.4 Å². The molecule has 0 aliphatic rings. The molecule has 0 bridgehead atoms. The van der Waals surface area contributed by atoms with Crippen LogP contribution in [0.15, 0.2) is 48.5 Å². The van der Waals surface area contributed by atoms with Crippen LogP contribution in [0.1, 0.15) is 18.0 Å². The first-order valence-electron chi connectivity index (χ1n) is 8.40. The van der Waals surface area contributed by atoms with Gasteiger partial charge in [0, 0.05) is 32.6 Å². The SMILES string of the molecule is CN(C)C(=O)Oc1ccc(C(CCOc2cccc(F)c2)N(C)C)cc1.Cl. The second-order valence-electron chi connectivity index (χ2n) is 6.41. The van der Waals surface area contributed by atoms with E-state index in [2.05, 4.69) is 4.90 Å². The Hall–Kier alpha value is -2.31. The topological polar surface area (TPSA) is 42.0 Å². The predicted octanol–water partition coefficient (Wildman–Crippen LogP) is 4.38. The molecule has 1 amide bonds. The molecule has 0 heterocycles. The highest BCUT2D eigenvalue weighted by Gasteiger charge is 2.15. The lowest BCUT2D eigenvalue weighted by atomic mass is 10.0. The first kappa shape index (κ1) is 22.7. The van der Waals surface area contributed by atoms with Crippen LogP contribution in [0.4, 0.5) is 9.18 Å². The quantitative estimate of drug-likeness (QED) is 0.696. The predicted molar refractivity (Wildman–Crippen MR) is 106 cm³/mol. The molecule has 0 saturated heterocycles. The van der Waals surface area contributed by atoms with Crippen LogP contribution in [0.5, 0.6) is 11.5 Å². The third-order valence-corrected chi connectivity index (χ3v) is 3.91. The summed E-state index contributed by atoms with van der Waals surface area (Å²) in [5.74, 6) is 0.712. The van der Waals surface area contributed by atoms with Crippen LogP contribution in [-0.2, 0) is 0 Å². The molecular weight excluding hydrogens is 371 g/mol. The van der Waals surface area contributed by atoms with Crippen molar-refractivity contribution in [2.75, 3.05) is 34.8 Å². The van der Waals surface area contributed by atoms with Crippen LogP contribution in [0.2, 0.25) is 0 Å². The van der Waals surface area contributed by atoms with E-state index in [9.17, 15) is 9.18 Å². The minimum absolute atomic E-state index is 0. The number of hydrogen-bond donors (Lipinski definition) is 0. The number of benzene rings is 2. The summed E-state index contributed by atoms with van der Waals surface area (Å²) in [4.78, 5) is 15.1. The summed E-state index contributed by atoms with van der Waals surface area (Å²) in [5.41, 5.74) is 1.09. The fraction of sp³-hybridized carbons (Fsp3) is 0.350. The molecule has 1 unspecified atom stereocenters. The van der Waals surface area contributed by atoms with Crippen molar-refractivity contribution in [2.45, 2.75) is 12.5 Å². The maximum absolute atomic E-state index is 13.2. The van der Waals surface area contributed by atoms with Crippen LogP contribution >= 0.6 is 12.4 Å². The van der Waals surface area contributed by atoms with Crippen molar-refractivity contribution in [3.05, 3.63) is 59.9 Å². The number of carbonyl (C=O) groups is 1. The Balaban J connectivity index is 0.00000364. The van der Waals surface area contributed by atoms with E-state index in [4.69, 9.17) is 9.47 Å². The second-order valence-corrected chi connectivity index (χ2v) is 6.41. The number of halogens is 2. The third-order valence-electron chi connectivity index (χ3n) is 3.91. The summed E-state index contributed by atoms with van der Waals surface area (Å²) in [7, 11) is 7.26. The molecular formula is C20H26ClFN2O3. The molecule has 0 fully saturated rings. The van der Waals surface area contributed by atoms with Crippen molar-refractivity contribution in [1.29, 1.82) is 0 Å². The normalized spacial score (nSPS) is 11.5. The minimum Gasteiger partial charge on any atom is -0.493 e. The highest BCUT2D eigenvalue weighted by molar-refractivity contribution is 5.85. The molecule has 0 spiro atoms. The molecule has 0 N–H and O–H groups in total. The third kappa shape index (κ3) is 7.07. The average Bonchev–Trinajstić information content (AvgIpc) is 2.59. The zero-order valence-corrected chi connectivity index (χ0v) is 16.8. The standard InChI is InChI=1S/C20H25FN2O3.ClH/c1-22(2)19(12-13-25-18-7-5-6-16(21)14-18)15-8-10-17(11-9-15)26-20(24)23(3)4;/h5-11,14,19H,12-13H2,1-4H3;1H. The lowest BCUT2D eigenvalue weighted by Gasteiger charge is -2.25. The maximum Gasteiger partial charge on any atom is 0.414 e. The summed E-state index contributed by atoms with van der Waals surface area (Å²) in [6, 6.07) is 13.7. The Bertz CT molecular complexity index is 723. The smallest absolute Gasteiger partial charge is 0.414 e. The first-order valence-corrected chi connectivity index (χ1v) is 8.40. The van der Waals surface area contributed by atoms with Gasteiger partial charge in [0.05, 0.1) is 6.61 Å². The van der Waals surface area contributed by atoms with Crippen molar-refractivity contribution in [3.8, 4) is 11.5 Å². The van der Waals surface area contributed by atoms with Crippen LogP contribution in [0.3, 0.4) is 0 Å². The Kier molecular flexibility index (Phi) is 9.05. The van der Waals surface area contributed by atoms with E-state index in [1.165, 1.54) is 17.0 Å². The highest BCUT2D eigenvalue weighted by Crippen LogP contribution is 2.25. The Morgan fingerprint density at radius 1 is 1.04 bits per heavy atom. The molecule has 2 rings (SSSR count). The fourth-order valence-electron chi connectivity index (χ4n) is 2.52. The molecule has 7 heteroatoms. The molecule has 1 atom stereocenters. The van der Waals surface area contributed by atoms with Gasteiger partial charge in [-0.25, -0.2) is 9.18 Å². The van der Waals surface area contributed by atoms with Gasteiger partial charge in [0.15, 0.2) is 0 Å². The van der Waals surface area contributed by atoms with Gasteiger partial charge in [0.2, 0.25) is 0 Å². The van der Waals surface area contributed by atoms with Gasteiger partial charge in [-0.3, -0.25) is 0 Å². The van der Waals surface area contributed by atoms with Crippen molar-refractivity contribution in [2.24, 2.45) is 0 Å². The van der Waals surface area contributed by atoms with Crippen molar-refractivity contribution in [1.82, 2.24) is 9.80 Å². The summed E-state index contributed by atoms with van der Waals surface area (Å²) < 4.78 is 24.1. The van der Waals surface area contributed by atoms with Gasteiger partial charge < -0.3 is 19.3 Å². The summed E-state index contributed by atoms with van der Waals surface area (Å²) >= 11 is 0. The Labute approximate surface area is 166 Å². The number of nitrogens with zero attached hydrogens (tertiary/aromatic N) is 2. The zero-order valence-electron chi connectivity index (χ0n) is 16.0. The van der Waals surface area contributed by atoms with E-state index in [1.54, 1.807) is 38.4 Å². The molecule has 0 aliphatic carbocycles. The van der Waals surface area contributed by atoms with Gasteiger partial charge in [0.1, 0.15) is 17.3 Å². The molecule has 0 radical (unpaired) electrons. The average molecular weight is 397 g/mol. The van der Waals surface area contributed by atoms with E-state index in [0.717, 1.165) is 12.0 Å². The summed E-state index contributed by atoms with van der Waals surface area (Å²) in [6.45, 7) is 0.462. The molecule has 0 saturated carbocycles. The van der Waals surface area contributed by atoms with Gasteiger partial charge in [-0.05, 0) is 43.9 Å². The largest absolute Gasteiger partial charge is 0.493 e. The number of hydrogen-bond acceptors (Lipinski definition) is 4. The van der Waals surface area contributed by atoms with Crippen LogP contribution < -0.4 is 9.47 Å². The van der Waals surface area contributed by atoms with Gasteiger partial charge in [-0.1, -0.05) is 18.2 Å². The summed E-state index contributed by atoms with van der Waals surface area (Å²) in [5, 5.41) is 0. The van der Waals surface area contributed by atoms with Crippen molar-refractivity contribution >= 4 is 18.5 Å². The molecule has 2 aromatic carbocycles. The van der Waals surface area contributed by atoms with Gasteiger partial charge in [-0.2, -0.15) is 0 Å². The van der Waals surface area contributed by atoms with E-state index < -0.39 is 6.09 Å². The van der Waals surface area contributed by atoms with E-state index in [0.29, 0.717) is 18.1 Å². The van der Waals surface area contributed by atoms with Crippen LogP contribution in [-0.4, -0.2) is 50.7 Å². The number of amides is 1. The fourth-order valence-corrected chi connectivity index (χ4v) is 2.52. The maximum atomic E-state index is 13.2. The highest BCUT2D eigenvalue weighted by atomic mass is 35.5. The molecule has 148 valence electrons. The molecule has 0 aromatic heterocycles. The molecule has 0 aliphatic heterocycles. The summed E-state index contributed by atoms with van der Waals surface area (Å²) in [6.07, 6.45) is 0.325. The zero-order chi connectivity index (χ0) is 19.1. The first-order chi connectivity index (χ1) is 12.4. The van der Waals surface area contributed by atoms with E-state index in [-0.39, 0.29) is 24.3 Å². The molecule has 27 heavy (non-hydrogen) atoms. The van der Waals surface area contributed by atoms with Crippen molar-refractivity contribution < 1.29 is 18.7 Å². The lowest BCUT2D eigenvalue weighted by Crippen LogP contribution is -2.25. The second kappa shape index (κ2) is 10.7. The number of carbonyl (C=O) groups excluding carboxylic acids is 1. The monoisotopic (exact) mass is 396 g/mol. The number of rotatable bonds is 7. The van der Waals surface area contributed by atoms with E-state index >= 15 is 0 Å². The Morgan fingerprint density at radius 2 is 1.70 bits per heavy atom. The molecule has 5 nitrogen and oxygen atoms in total. The van der Waals surface area contributed by atoms with Crippen LogP contribution in [0.25, 0.3) is 0 Å². The molecule has 2 aromatic rings. The van der Waals surface area contributed by atoms with Gasteiger partial charge >= 0.3 is 6.09 Å². The van der Waals surface area contributed by atoms with E-state index in [1.807, 2.05) is 26.2 Å². The van der Waals surface area contributed by atoms with Crippen molar-refractivity contribution in [3.63, 3.8) is 0 Å². The Morgan fingerprint density at radius 3 is 2.26 bits per heavy atom. The van der Waals surface area contributed by atoms with Crippen LogP contribution in [0, 0.1) is 5.82 Å². The number of ether oxygens (including phenoxy) is 2. The lowest BCUT2D eigenvalue weighted by molar-refractivity contribution is 0.172.